The second kappa shape index (κ2) is 8.97. The number of aliphatic hydroxyl groups excluding tert-OH is 1. The minimum absolute atomic E-state index is 0.170. The Kier molecular flexibility index (Phi) is 8.02. The van der Waals surface area contributed by atoms with Gasteiger partial charge in [-0.1, -0.05) is 26.7 Å². The summed E-state index contributed by atoms with van der Waals surface area (Å²) < 4.78 is 28.6. The van der Waals surface area contributed by atoms with Gasteiger partial charge in [-0.25, -0.2) is 0 Å². The first-order chi connectivity index (χ1) is 9.56. The molecule has 0 saturated carbocycles. The smallest absolute Gasteiger partial charge is 0.281 e. The van der Waals surface area contributed by atoms with Crippen LogP contribution in [-0.4, -0.2) is 54.9 Å². The van der Waals surface area contributed by atoms with Gasteiger partial charge in [0.15, 0.2) is 0 Å². The van der Waals surface area contributed by atoms with Crippen LogP contribution in [0.25, 0.3) is 0 Å². The van der Waals surface area contributed by atoms with Crippen molar-refractivity contribution in [1.29, 1.82) is 0 Å². The molecule has 0 aromatic heterocycles. The van der Waals surface area contributed by atoms with Gasteiger partial charge in [-0.15, -0.1) is 0 Å². The molecule has 0 radical (unpaired) electrons. The van der Waals surface area contributed by atoms with Crippen LogP contribution in [0.15, 0.2) is 0 Å². The molecule has 0 aromatic carbocycles. The van der Waals surface area contributed by atoms with Crippen molar-refractivity contribution in [3.63, 3.8) is 0 Å². The lowest BCUT2D eigenvalue weighted by Gasteiger charge is -2.34. The third-order valence-electron chi connectivity index (χ3n) is 4.01. The molecule has 0 aromatic rings. The van der Waals surface area contributed by atoms with Crippen LogP contribution in [0.3, 0.4) is 0 Å². The molecule has 1 saturated heterocycles. The molecular weight excluding hydrogens is 276 g/mol. The van der Waals surface area contributed by atoms with Gasteiger partial charge in [-0.2, -0.15) is 17.0 Å². The summed E-state index contributed by atoms with van der Waals surface area (Å²) in [6.45, 7) is 6.67. The fraction of sp³-hybridized carbons (Fsp3) is 1.00. The molecule has 0 unspecified atom stereocenters. The molecule has 0 bridgehead atoms. The average molecular weight is 306 g/mol. The van der Waals surface area contributed by atoms with Gasteiger partial charge in [0.25, 0.3) is 10.2 Å². The van der Waals surface area contributed by atoms with E-state index in [9.17, 15) is 8.42 Å². The molecule has 1 heterocycles. The monoisotopic (exact) mass is 306 g/mol. The summed E-state index contributed by atoms with van der Waals surface area (Å²) in [4.78, 5) is 0. The molecule has 0 amide bonds. The third kappa shape index (κ3) is 4.98. The van der Waals surface area contributed by atoms with Gasteiger partial charge in [0.05, 0.1) is 0 Å². The SMILES string of the molecule is CCCCN(CCCC)S(=O)(=O)N1CCC(CO)CC1. The predicted octanol–water partition coefficient (Wildman–Crippen LogP) is 1.84. The van der Waals surface area contributed by atoms with E-state index in [1.807, 2.05) is 0 Å². The van der Waals surface area contributed by atoms with Crippen LogP contribution < -0.4 is 0 Å². The van der Waals surface area contributed by atoms with Crippen LogP contribution in [0, 0.1) is 5.92 Å². The highest BCUT2D eigenvalue weighted by Crippen LogP contribution is 2.21. The zero-order chi connectivity index (χ0) is 15.0. The molecule has 0 atom stereocenters. The Morgan fingerprint density at radius 3 is 2.00 bits per heavy atom. The topological polar surface area (TPSA) is 60.9 Å². The summed E-state index contributed by atoms with van der Waals surface area (Å²) in [6, 6.07) is 0. The number of unbranched alkanes of at least 4 members (excludes halogenated alkanes) is 2. The molecule has 5 nitrogen and oxygen atoms in total. The van der Waals surface area contributed by atoms with E-state index in [1.54, 1.807) is 8.61 Å². The van der Waals surface area contributed by atoms with Crippen molar-refractivity contribution in [3.05, 3.63) is 0 Å². The van der Waals surface area contributed by atoms with Gasteiger partial charge in [-0.05, 0) is 31.6 Å². The average Bonchev–Trinajstić information content (AvgIpc) is 2.47. The molecule has 1 N–H and O–H groups in total. The minimum atomic E-state index is -3.32. The molecule has 0 aliphatic carbocycles. The fourth-order valence-electron chi connectivity index (χ4n) is 2.50. The van der Waals surface area contributed by atoms with Crippen molar-refractivity contribution in [2.45, 2.75) is 52.4 Å². The maximum atomic E-state index is 12.7. The van der Waals surface area contributed by atoms with Crippen molar-refractivity contribution < 1.29 is 13.5 Å². The van der Waals surface area contributed by atoms with Gasteiger partial charge >= 0.3 is 0 Å². The standard InChI is InChI=1S/C14H30N2O3S/c1-3-5-9-15(10-6-4-2)20(18,19)16-11-7-14(13-17)8-12-16/h14,17H,3-13H2,1-2H3. The Morgan fingerprint density at radius 2 is 1.60 bits per heavy atom. The summed E-state index contributed by atoms with van der Waals surface area (Å²) in [7, 11) is -3.32. The second-order valence-electron chi connectivity index (χ2n) is 5.64. The summed E-state index contributed by atoms with van der Waals surface area (Å²) in [5.41, 5.74) is 0. The quantitative estimate of drug-likeness (QED) is 0.707. The molecule has 6 heteroatoms. The first kappa shape index (κ1) is 17.9. The second-order valence-corrected chi connectivity index (χ2v) is 7.57. The largest absolute Gasteiger partial charge is 0.396 e. The number of hydrogen-bond acceptors (Lipinski definition) is 3. The van der Waals surface area contributed by atoms with Gasteiger partial charge in [0, 0.05) is 32.8 Å². The van der Waals surface area contributed by atoms with E-state index in [1.165, 1.54) is 0 Å². The Hall–Kier alpha value is -0.170. The molecule has 1 rings (SSSR count). The Balaban J connectivity index is 2.66. The van der Waals surface area contributed by atoms with Crippen LogP contribution in [0.5, 0.6) is 0 Å². The highest BCUT2D eigenvalue weighted by Gasteiger charge is 2.32. The third-order valence-corrected chi connectivity index (χ3v) is 6.04. The number of hydrogen-bond donors (Lipinski definition) is 1. The predicted molar refractivity (Wildman–Crippen MR) is 81.7 cm³/mol. The Bertz CT molecular complexity index is 343. The molecule has 0 spiro atoms. The van der Waals surface area contributed by atoms with Gasteiger partial charge in [0.1, 0.15) is 0 Å². The number of nitrogens with zero attached hydrogens (tertiary/aromatic N) is 2. The molecule has 20 heavy (non-hydrogen) atoms. The first-order valence-corrected chi connectivity index (χ1v) is 9.32. The molecule has 120 valence electrons. The van der Waals surface area contributed by atoms with Crippen molar-refractivity contribution in [2.75, 3.05) is 32.8 Å². The van der Waals surface area contributed by atoms with E-state index in [0.29, 0.717) is 26.2 Å². The normalized spacial score (nSPS) is 18.8. The summed E-state index contributed by atoms with van der Waals surface area (Å²) >= 11 is 0. The van der Waals surface area contributed by atoms with E-state index in [4.69, 9.17) is 5.11 Å². The molecule has 1 aliphatic heterocycles. The maximum absolute atomic E-state index is 12.7. The maximum Gasteiger partial charge on any atom is 0.281 e. The highest BCUT2D eigenvalue weighted by atomic mass is 32.2. The van der Waals surface area contributed by atoms with E-state index in [-0.39, 0.29) is 12.5 Å². The molecular formula is C14H30N2O3S. The lowest BCUT2D eigenvalue weighted by atomic mass is 10.00. The summed E-state index contributed by atoms with van der Waals surface area (Å²) in [5, 5.41) is 9.14. The number of aliphatic hydroxyl groups is 1. The van der Waals surface area contributed by atoms with Gasteiger partial charge in [0.2, 0.25) is 0 Å². The molecule has 1 fully saturated rings. The summed E-state index contributed by atoms with van der Waals surface area (Å²) in [6.07, 6.45) is 5.37. The Labute approximate surface area is 124 Å². The fourth-order valence-corrected chi connectivity index (χ4v) is 4.22. The van der Waals surface area contributed by atoms with Crippen molar-refractivity contribution in [1.82, 2.24) is 8.61 Å². The van der Waals surface area contributed by atoms with E-state index in [2.05, 4.69) is 13.8 Å². The molecule has 1 aliphatic rings. The van der Waals surface area contributed by atoms with Crippen LogP contribution in [0.4, 0.5) is 0 Å². The van der Waals surface area contributed by atoms with E-state index >= 15 is 0 Å². The van der Waals surface area contributed by atoms with Crippen molar-refractivity contribution in [3.8, 4) is 0 Å². The van der Waals surface area contributed by atoms with Crippen LogP contribution in [0.1, 0.15) is 52.4 Å². The van der Waals surface area contributed by atoms with Gasteiger partial charge < -0.3 is 5.11 Å². The number of piperidine rings is 1. The highest BCUT2D eigenvalue weighted by molar-refractivity contribution is 7.86. The zero-order valence-electron chi connectivity index (χ0n) is 12.9. The van der Waals surface area contributed by atoms with Crippen LogP contribution in [-0.2, 0) is 10.2 Å². The lowest BCUT2D eigenvalue weighted by Crippen LogP contribution is -2.48. The van der Waals surface area contributed by atoms with Crippen LogP contribution >= 0.6 is 0 Å². The first-order valence-electron chi connectivity index (χ1n) is 7.92. The van der Waals surface area contributed by atoms with Gasteiger partial charge in [-0.3, -0.25) is 0 Å². The number of rotatable bonds is 9. The summed E-state index contributed by atoms with van der Waals surface area (Å²) in [5.74, 6) is 0.265. The minimum Gasteiger partial charge on any atom is -0.396 e. The lowest BCUT2D eigenvalue weighted by molar-refractivity contribution is 0.166. The van der Waals surface area contributed by atoms with E-state index < -0.39 is 10.2 Å². The van der Waals surface area contributed by atoms with Crippen molar-refractivity contribution >= 4 is 10.2 Å². The van der Waals surface area contributed by atoms with Crippen LogP contribution in [0.2, 0.25) is 0 Å². The Morgan fingerprint density at radius 1 is 1.10 bits per heavy atom. The zero-order valence-corrected chi connectivity index (χ0v) is 13.7. The van der Waals surface area contributed by atoms with Crippen molar-refractivity contribution in [2.24, 2.45) is 5.92 Å². The van der Waals surface area contributed by atoms with E-state index in [0.717, 1.165) is 38.5 Å².